The lowest BCUT2D eigenvalue weighted by Gasteiger charge is -2.28. The Morgan fingerprint density at radius 2 is 1.25 bits per heavy atom. The third-order valence-corrected chi connectivity index (χ3v) is 19.3. The summed E-state index contributed by atoms with van der Waals surface area (Å²) in [4.78, 5) is 190. The lowest BCUT2D eigenvalue weighted by Crippen LogP contribution is -2.61. The van der Waals surface area contributed by atoms with Gasteiger partial charge in [0.1, 0.15) is 61.0 Å². The maximum Gasteiger partial charge on any atom is 0.349 e. The van der Waals surface area contributed by atoms with Crippen LogP contribution in [0.4, 0.5) is 10.5 Å². The molecule has 0 radical (unpaired) electrons. The van der Waals surface area contributed by atoms with Crippen LogP contribution in [0.25, 0.3) is 23.1 Å². The molecular weight excluding hydrogens is 1490 g/mol. The number of aliphatic hydroxyl groups excluding tert-OH is 2. The average Bonchev–Trinajstić information content (AvgIpc) is 1.63. The van der Waals surface area contributed by atoms with Gasteiger partial charge in [0.15, 0.2) is 0 Å². The number of anilines is 1. The van der Waals surface area contributed by atoms with E-state index in [0.717, 1.165) is 0 Å². The second-order valence-corrected chi connectivity index (χ2v) is 28.6. The van der Waals surface area contributed by atoms with Gasteiger partial charge >= 0.3 is 12.0 Å². The number of esters is 1. The molecule has 11 atom stereocenters. The Bertz CT molecular complexity index is 4380. The Morgan fingerprint density at radius 3 is 1.88 bits per heavy atom. The number of para-hydroxylation sites is 1. The minimum Gasteiger partial charge on any atom is -0.461 e. The molecule has 4 aromatic carbocycles. The minimum absolute atomic E-state index is 0.0220. The molecule has 1 saturated heterocycles. The number of ether oxygens (including phenoxy) is 1. The highest BCUT2D eigenvalue weighted by atomic mass is 32.2. The van der Waals surface area contributed by atoms with Crippen LogP contribution in [0.3, 0.4) is 0 Å². The Balaban J connectivity index is 1.06. The SMILES string of the molecule is CNC(=O)c1ccccc1Sc1ccc2c(/C=C/c3ccccn3)nn(C(=O)N(C)c3ccccc3COC(=O)CCC(=O)N[C@H](C(=O)N[C@@H](CCN)C(=O)N[C@H]3CCNC(=O)[C@H]([C@@H](C)O)NC(=O)[C@H](CCN)NC(=O)[C@H](CCN)NC(=O)[C@H](CC(C)C)NC(=O)[C@@H](Cc4ccccc4)NC(=O)[C@H](CCN)NC3=O)[C@@H](C)O)c2c1. The van der Waals surface area contributed by atoms with Crippen LogP contribution in [-0.2, 0) is 70.5 Å². The van der Waals surface area contributed by atoms with E-state index in [1.807, 2.05) is 36.4 Å². The van der Waals surface area contributed by atoms with E-state index < -0.39 is 163 Å². The molecule has 2 aromatic heterocycles. The molecule has 36 heteroatoms. The lowest BCUT2D eigenvalue weighted by molar-refractivity contribution is -0.146. The zero-order valence-corrected chi connectivity index (χ0v) is 65.2. The molecule has 0 saturated carbocycles. The van der Waals surface area contributed by atoms with Gasteiger partial charge in [-0.15, -0.1) is 0 Å². The molecule has 612 valence electrons. The van der Waals surface area contributed by atoms with Gasteiger partial charge in [-0.1, -0.05) is 92.3 Å². The van der Waals surface area contributed by atoms with Gasteiger partial charge in [0.05, 0.1) is 46.8 Å². The van der Waals surface area contributed by atoms with Gasteiger partial charge in [-0.2, -0.15) is 9.78 Å². The number of fused-ring (bicyclic) bond motifs is 1. The van der Waals surface area contributed by atoms with Crippen molar-refractivity contribution >= 4 is 117 Å². The first kappa shape index (κ1) is 89.7. The molecular formula is C78H103N19O16S. The summed E-state index contributed by atoms with van der Waals surface area (Å²) in [5, 5.41) is 55.2. The van der Waals surface area contributed by atoms with Crippen molar-refractivity contribution in [3.63, 3.8) is 0 Å². The first-order valence-electron chi connectivity index (χ1n) is 37.4. The molecule has 114 heavy (non-hydrogen) atoms. The fraction of sp³-hybridized carbons (Fsp3) is 0.423. The standard InChI is InChI=1S/C78H103N19O16S/c1-44(2)40-59-74(108)88-54(29-34-79)69(103)87-57(32-37-82)73(107)94-66(45(3)98)76(110)85-39-33-58(72(106)86-55(30-35-80)71(105)92-60(75(109)91-59)41-47-16-8-7-9-17-47)89-70(104)56(31-36-81)90-77(111)67(46(4)99)93-64(100)27-28-65(101)113-43-48-18-10-12-21-61(48)96(6)78(112)97-62-42-50(114-63-22-13-11-20-52(63)68(102)83-5)24-25-51(62)53(95-97)26-23-49-19-14-15-38-84-49/h7-26,38,42,44-46,54-60,66-67,98-99H,27-37,39-41,43,79-82H2,1-6H3,(H,83,102)(H,85,110)(H,86,106)(H,87,103)(H,88,108)(H,89,104)(H,90,111)(H,91,109)(H,92,105)(H,93,100)(H,94,107)/b26-23+/t45-,46-,54+,55+,56+,57+,58+,59+,60-,66+,67+/m1/s1. The van der Waals surface area contributed by atoms with Crippen molar-refractivity contribution in [3.8, 4) is 0 Å². The molecule has 0 spiro atoms. The zero-order chi connectivity index (χ0) is 83.1. The third-order valence-electron chi connectivity index (χ3n) is 18.3. The average molecular weight is 1590 g/mol. The summed E-state index contributed by atoms with van der Waals surface area (Å²) in [7, 11) is 3.06. The summed E-state index contributed by atoms with van der Waals surface area (Å²) >= 11 is 1.32. The summed E-state index contributed by atoms with van der Waals surface area (Å²) in [6.45, 7) is 4.22. The van der Waals surface area contributed by atoms with Gasteiger partial charge in [0, 0.05) is 60.4 Å². The molecule has 6 aromatic rings. The Hall–Kier alpha value is -11.5. The quantitative estimate of drug-likeness (QED) is 0.0250. The van der Waals surface area contributed by atoms with Gasteiger partial charge < -0.3 is 96.4 Å². The third kappa shape index (κ3) is 26.3. The summed E-state index contributed by atoms with van der Waals surface area (Å²) in [6, 6.07) is 18.5. The van der Waals surface area contributed by atoms with Crippen LogP contribution in [0.5, 0.6) is 0 Å². The molecule has 35 nitrogen and oxygen atoms in total. The van der Waals surface area contributed by atoms with Crippen LogP contribution in [0.15, 0.2) is 131 Å². The Kier molecular flexibility index (Phi) is 35.1. The van der Waals surface area contributed by atoms with Crippen molar-refractivity contribution in [2.45, 2.75) is 168 Å². The highest BCUT2D eigenvalue weighted by Crippen LogP contribution is 2.34. The first-order valence-corrected chi connectivity index (χ1v) is 38.2. The smallest absolute Gasteiger partial charge is 0.349 e. The predicted octanol–water partition coefficient (Wildman–Crippen LogP) is -0.631. The molecule has 1 fully saturated rings. The normalized spacial score (nSPS) is 19.4. The van der Waals surface area contributed by atoms with Crippen LogP contribution in [0.2, 0.25) is 0 Å². The fourth-order valence-electron chi connectivity index (χ4n) is 12.2. The monoisotopic (exact) mass is 1590 g/mol. The van der Waals surface area contributed by atoms with Gasteiger partial charge in [-0.05, 0) is 151 Å². The van der Waals surface area contributed by atoms with Crippen molar-refractivity contribution in [1.82, 2.24) is 73.2 Å². The van der Waals surface area contributed by atoms with Gasteiger partial charge in [0.2, 0.25) is 59.1 Å². The van der Waals surface area contributed by atoms with Gasteiger partial charge in [-0.25, -0.2) is 4.79 Å². The maximum absolute atomic E-state index is 14.7. The molecule has 0 aliphatic carbocycles. The van der Waals surface area contributed by atoms with E-state index in [9.17, 15) is 72.5 Å². The maximum atomic E-state index is 14.7. The number of nitrogens with zero attached hydrogens (tertiary/aromatic N) is 4. The largest absolute Gasteiger partial charge is 0.461 e. The number of benzene rings is 4. The highest BCUT2D eigenvalue weighted by molar-refractivity contribution is 7.99. The van der Waals surface area contributed by atoms with E-state index >= 15 is 0 Å². The Morgan fingerprint density at radius 1 is 0.658 bits per heavy atom. The lowest BCUT2D eigenvalue weighted by atomic mass is 10.00. The number of nitrogens with one attached hydrogen (secondary N) is 11. The number of nitrogens with two attached hydrogens (primary N) is 4. The van der Waals surface area contributed by atoms with E-state index in [2.05, 4.69) is 63.5 Å². The summed E-state index contributed by atoms with van der Waals surface area (Å²) < 4.78 is 6.87. The minimum atomic E-state index is -1.78. The molecule has 0 unspecified atom stereocenters. The number of rotatable bonds is 30. The van der Waals surface area contributed by atoms with E-state index in [4.69, 9.17) is 32.8 Å². The van der Waals surface area contributed by atoms with Crippen molar-refractivity contribution in [2.75, 3.05) is 51.7 Å². The van der Waals surface area contributed by atoms with Crippen molar-refractivity contribution in [1.29, 1.82) is 0 Å². The molecule has 7 rings (SSSR count). The summed E-state index contributed by atoms with van der Waals surface area (Å²) in [5.74, 6) is -11.1. The number of carbonyl (C=O) groups is 13. The molecule has 3 heterocycles. The summed E-state index contributed by atoms with van der Waals surface area (Å²) in [5.41, 5.74) is 27.0. The number of aromatic nitrogens is 3. The number of amides is 12. The second kappa shape index (κ2) is 44.6. The van der Waals surface area contributed by atoms with Gasteiger partial charge in [0.25, 0.3) is 5.91 Å². The van der Waals surface area contributed by atoms with Crippen molar-refractivity contribution in [3.05, 3.63) is 150 Å². The van der Waals surface area contributed by atoms with Crippen LogP contribution < -0.4 is 86.3 Å². The van der Waals surface area contributed by atoms with Crippen LogP contribution in [0, 0.1) is 5.92 Å². The number of hydrogen-bond donors (Lipinski definition) is 17. The van der Waals surface area contributed by atoms with E-state index in [0.29, 0.717) is 54.5 Å². The van der Waals surface area contributed by atoms with E-state index in [-0.39, 0.29) is 83.1 Å². The Labute approximate surface area is 663 Å². The van der Waals surface area contributed by atoms with E-state index in [1.165, 1.54) is 42.2 Å². The number of carbonyl (C=O) groups excluding carboxylic acids is 13. The van der Waals surface area contributed by atoms with E-state index in [1.54, 1.807) is 118 Å². The highest BCUT2D eigenvalue weighted by Gasteiger charge is 2.38. The van der Waals surface area contributed by atoms with Crippen molar-refractivity contribution < 1.29 is 77.3 Å². The topological polar surface area (TPSA) is 542 Å². The molecule has 0 bridgehead atoms. The van der Waals surface area contributed by atoms with Gasteiger partial charge in [-0.3, -0.25) is 67.4 Å². The second-order valence-electron chi connectivity index (χ2n) is 27.5. The van der Waals surface area contributed by atoms with Crippen LogP contribution in [0.1, 0.15) is 112 Å². The number of aliphatic hydroxyl groups is 2. The predicted molar refractivity (Wildman–Crippen MR) is 424 cm³/mol. The fourth-order valence-corrected chi connectivity index (χ4v) is 13.2. The molecule has 21 N–H and O–H groups in total. The van der Waals surface area contributed by atoms with Crippen LogP contribution in [-0.4, -0.2) is 215 Å². The zero-order valence-electron chi connectivity index (χ0n) is 64.4. The van der Waals surface area contributed by atoms with Crippen LogP contribution >= 0.6 is 11.8 Å². The molecule has 1 aliphatic heterocycles. The first-order chi connectivity index (χ1) is 54.6. The summed E-state index contributed by atoms with van der Waals surface area (Å²) in [6.07, 6.45) is -0.800. The molecule has 12 amide bonds. The molecule has 1 aliphatic rings. The number of hydrogen-bond acceptors (Lipinski definition) is 23. The number of pyridine rings is 1. The van der Waals surface area contributed by atoms with Crippen molar-refractivity contribution in [2.24, 2.45) is 28.9 Å².